The minimum Gasteiger partial charge on any atom is -0.493 e. The molecular weight excluding hydrogens is 398 g/mol. The van der Waals surface area contributed by atoms with Gasteiger partial charge in [0, 0.05) is 10.6 Å². The Kier molecular flexibility index (Phi) is 7.00. The van der Waals surface area contributed by atoms with Gasteiger partial charge in [0.05, 0.1) is 25.9 Å². The summed E-state index contributed by atoms with van der Waals surface area (Å²) in [6, 6.07) is 21.1. The lowest BCUT2D eigenvalue weighted by Crippen LogP contribution is -1.97. The molecule has 0 saturated carbocycles. The first kappa shape index (κ1) is 21.3. The fourth-order valence-electron chi connectivity index (χ4n) is 2.95. The molecule has 0 aliphatic heterocycles. The number of hydrogen-bond acceptors (Lipinski definition) is 4. The van der Waals surface area contributed by atoms with E-state index in [4.69, 9.17) is 25.8 Å². The van der Waals surface area contributed by atoms with Crippen LogP contribution in [0, 0.1) is 18.3 Å². The molecule has 0 amide bonds. The van der Waals surface area contributed by atoms with Crippen LogP contribution in [0.2, 0.25) is 5.02 Å². The summed E-state index contributed by atoms with van der Waals surface area (Å²) in [7, 11) is 3.13. The molecular formula is C25H22ClNO3. The second-order valence-electron chi connectivity index (χ2n) is 6.70. The van der Waals surface area contributed by atoms with Crippen molar-refractivity contribution in [2.45, 2.75) is 13.5 Å². The van der Waals surface area contributed by atoms with E-state index in [1.165, 1.54) is 5.56 Å². The molecule has 0 heterocycles. The minimum atomic E-state index is 0.418. The number of hydrogen-bond donors (Lipinski definition) is 0. The van der Waals surface area contributed by atoms with Crippen LogP contribution in [-0.2, 0) is 6.61 Å². The third-order valence-electron chi connectivity index (χ3n) is 4.60. The topological polar surface area (TPSA) is 51.5 Å². The largest absolute Gasteiger partial charge is 0.493 e. The van der Waals surface area contributed by atoms with Crippen LogP contribution < -0.4 is 14.2 Å². The predicted octanol–water partition coefficient (Wildman–Crippen LogP) is 6.31. The third-order valence-corrected chi connectivity index (χ3v) is 4.84. The molecule has 0 radical (unpaired) electrons. The lowest BCUT2D eigenvalue weighted by molar-refractivity contribution is 0.305. The highest BCUT2D eigenvalue weighted by Gasteiger charge is 2.10. The van der Waals surface area contributed by atoms with E-state index in [9.17, 15) is 5.26 Å². The summed E-state index contributed by atoms with van der Waals surface area (Å²) in [6.07, 6.45) is 1.76. The number of nitrogens with zero attached hydrogens (tertiary/aromatic N) is 1. The number of aryl methyl sites for hydroxylation is 1. The van der Waals surface area contributed by atoms with Crippen LogP contribution in [-0.4, -0.2) is 14.2 Å². The standard InChI is InChI=1S/C25H22ClNO3/c1-17-4-6-18(7-5-17)16-30-23-11-9-22(26)13-20(23)12-21(15-27)19-8-10-24(28-2)25(14-19)29-3/h4-14H,16H2,1-3H3/b21-12+. The minimum absolute atomic E-state index is 0.418. The quantitative estimate of drug-likeness (QED) is 0.332. The van der Waals surface area contributed by atoms with E-state index in [1.54, 1.807) is 44.6 Å². The second kappa shape index (κ2) is 9.87. The average molecular weight is 420 g/mol. The zero-order valence-corrected chi connectivity index (χ0v) is 17.9. The summed E-state index contributed by atoms with van der Waals surface area (Å²) >= 11 is 6.21. The first-order valence-corrected chi connectivity index (χ1v) is 9.74. The molecule has 0 aromatic heterocycles. The van der Waals surface area contributed by atoms with Crippen molar-refractivity contribution in [2.24, 2.45) is 0 Å². The fraction of sp³-hybridized carbons (Fsp3) is 0.160. The van der Waals surface area contributed by atoms with Gasteiger partial charge in [0.1, 0.15) is 12.4 Å². The molecule has 0 aliphatic carbocycles. The van der Waals surface area contributed by atoms with E-state index in [0.29, 0.717) is 40.0 Å². The van der Waals surface area contributed by atoms with Crippen molar-refractivity contribution in [1.29, 1.82) is 5.26 Å². The molecule has 3 rings (SSSR count). The maximum Gasteiger partial charge on any atom is 0.161 e. The Labute approximate surface area is 181 Å². The zero-order chi connectivity index (χ0) is 21.5. The molecule has 0 saturated heterocycles. The summed E-state index contributed by atoms with van der Waals surface area (Å²) in [5.74, 6) is 1.80. The van der Waals surface area contributed by atoms with E-state index >= 15 is 0 Å². The smallest absolute Gasteiger partial charge is 0.161 e. The van der Waals surface area contributed by atoms with Gasteiger partial charge in [-0.2, -0.15) is 5.26 Å². The molecule has 4 nitrogen and oxygen atoms in total. The molecule has 30 heavy (non-hydrogen) atoms. The van der Waals surface area contributed by atoms with Gasteiger partial charge in [-0.05, 0) is 60.5 Å². The van der Waals surface area contributed by atoms with Crippen LogP contribution in [0.25, 0.3) is 11.6 Å². The van der Waals surface area contributed by atoms with E-state index in [1.807, 2.05) is 43.3 Å². The number of methoxy groups -OCH3 is 2. The highest BCUT2D eigenvalue weighted by Crippen LogP contribution is 2.33. The van der Waals surface area contributed by atoms with Gasteiger partial charge in [0.2, 0.25) is 0 Å². The van der Waals surface area contributed by atoms with Crippen molar-refractivity contribution in [3.8, 4) is 23.3 Å². The lowest BCUT2D eigenvalue weighted by atomic mass is 10.0. The monoisotopic (exact) mass is 419 g/mol. The molecule has 0 fully saturated rings. The Morgan fingerprint density at radius 2 is 1.63 bits per heavy atom. The summed E-state index contributed by atoms with van der Waals surface area (Å²) in [4.78, 5) is 0. The molecule has 3 aromatic rings. The summed E-state index contributed by atoms with van der Waals surface area (Å²) in [6.45, 7) is 2.46. The maximum absolute atomic E-state index is 9.76. The third kappa shape index (κ3) is 5.14. The fourth-order valence-corrected chi connectivity index (χ4v) is 3.13. The van der Waals surface area contributed by atoms with E-state index in [2.05, 4.69) is 6.07 Å². The summed E-state index contributed by atoms with van der Waals surface area (Å²) in [5, 5.41) is 10.3. The van der Waals surface area contributed by atoms with Gasteiger partial charge in [-0.15, -0.1) is 0 Å². The molecule has 0 N–H and O–H groups in total. The SMILES string of the molecule is COc1ccc(/C(C#N)=C/c2cc(Cl)ccc2OCc2ccc(C)cc2)cc1OC. The first-order chi connectivity index (χ1) is 14.5. The van der Waals surface area contributed by atoms with Crippen LogP contribution in [0.5, 0.6) is 17.2 Å². The van der Waals surface area contributed by atoms with Crippen molar-refractivity contribution in [3.05, 3.63) is 87.9 Å². The van der Waals surface area contributed by atoms with E-state index in [0.717, 1.165) is 11.1 Å². The van der Waals surface area contributed by atoms with Crippen LogP contribution in [0.3, 0.4) is 0 Å². The molecule has 3 aromatic carbocycles. The highest BCUT2D eigenvalue weighted by molar-refractivity contribution is 6.30. The predicted molar refractivity (Wildman–Crippen MR) is 120 cm³/mol. The van der Waals surface area contributed by atoms with Crippen molar-refractivity contribution in [1.82, 2.24) is 0 Å². The Morgan fingerprint density at radius 1 is 0.933 bits per heavy atom. The van der Waals surface area contributed by atoms with Crippen LogP contribution >= 0.6 is 11.6 Å². The zero-order valence-electron chi connectivity index (χ0n) is 17.1. The first-order valence-electron chi connectivity index (χ1n) is 9.36. The second-order valence-corrected chi connectivity index (χ2v) is 7.13. The number of benzene rings is 3. The van der Waals surface area contributed by atoms with Gasteiger partial charge in [-0.3, -0.25) is 0 Å². The normalized spacial score (nSPS) is 11.0. The van der Waals surface area contributed by atoms with Gasteiger partial charge in [-0.25, -0.2) is 0 Å². The number of halogens is 1. The van der Waals surface area contributed by atoms with Crippen LogP contribution in [0.4, 0.5) is 0 Å². The molecule has 152 valence electrons. The summed E-state index contributed by atoms with van der Waals surface area (Å²) in [5.41, 5.74) is 4.15. The van der Waals surface area contributed by atoms with Gasteiger partial charge in [0.15, 0.2) is 11.5 Å². The van der Waals surface area contributed by atoms with Gasteiger partial charge in [-0.1, -0.05) is 41.4 Å². The van der Waals surface area contributed by atoms with Crippen molar-refractivity contribution in [2.75, 3.05) is 14.2 Å². The molecule has 5 heteroatoms. The Balaban J connectivity index is 1.93. The van der Waals surface area contributed by atoms with Crippen molar-refractivity contribution >= 4 is 23.3 Å². The van der Waals surface area contributed by atoms with E-state index < -0.39 is 0 Å². The Hall–Kier alpha value is -3.42. The van der Waals surface area contributed by atoms with Crippen molar-refractivity contribution in [3.63, 3.8) is 0 Å². The number of nitriles is 1. The highest BCUT2D eigenvalue weighted by atomic mass is 35.5. The van der Waals surface area contributed by atoms with Crippen molar-refractivity contribution < 1.29 is 14.2 Å². The average Bonchev–Trinajstić information content (AvgIpc) is 2.77. The molecule has 0 atom stereocenters. The number of rotatable bonds is 7. The summed E-state index contributed by atoms with van der Waals surface area (Å²) < 4.78 is 16.7. The Bertz CT molecular complexity index is 1100. The van der Waals surface area contributed by atoms with Gasteiger partial charge >= 0.3 is 0 Å². The Morgan fingerprint density at radius 3 is 2.30 bits per heavy atom. The number of allylic oxidation sites excluding steroid dienone is 1. The number of ether oxygens (including phenoxy) is 3. The maximum atomic E-state index is 9.76. The lowest BCUT2D eigenvalue weighted by Gasteiger charge is -2.12. The van der Waals surface area contributed by atoms with Crippen LogP contribution in [0.15, 0.2) is 60.7 Å². The molecule has 0 aliphatic rings. The van der Waals surface area contributed by atoms with Crippen LogP contribution in [0.1, 0.15) is 22.3 Å². The van der Waals surface area contributed by atoms with E-state index in [-0.39, 0.29) is 0 Å². The van der Waals surface area contributed by atoms with Gasteiger partial charge in [0.25, 0.3) is 0 Å². The molecule has 0 spiro atoms. The van der Waals surface area contributed by atoms with Gasteiger partial charge < -0.3 is 14.2 Å². The molecule has 0 bridgehead atoms. The molecule has 0 unspecified atom stereocenters.